The van der Waals surface area contributed by atoms with E-state index in [0.717, 1.165) is 4.88 Å². The van der Waals surface area contributed by atoms with E-state index >= 15 is 0 Å². The molecule has 0 aromatic carbocycles. The summed E-state index contributed by atoms with van der Waals surface area (Å²) in [7, 11) is 1.79. The Labute approximate surface area is 122 Å². The van der Waals surface area contributed by atoms with Gasteiger partial charge in [-0.15, -0.1) is 11.3 Å². The smallest absolute Gasteiger partial charge is 0.308 e. The van der Waals surface area contributed by atoms with Gasteiger partial charge in [0.2, 0.25) is 5.91 Å². The summed E-state index contributed by atoms with van der Waals surface area (Å²) in [6.45, 7) is 3.99. The predicted octanol–water partition coefficient (Wildman–Crippen LogP) is 1.36. The number of carboxylic acids is 1. The maximum Gasteiger partial charge on any atom is 0.308 e. The molecule has 2 heterocycles. The zero-order chi connectivity index (χ0) is 14.7. The van der Waals surface area contributed by atoms with Crippen molar-refractivity contribution >= 4 is 23.2 Å². The van der Waals surface area contributed by atoms with Crippen LogP contribution in [0.1, 0.15) is 11.8 Å². The molecule has 1 saturated heterocycles. The average Bonchev–Trinajstić information content (AvgIpc) is 2.98. The van der Waals surface area contributed by atoms with Crippen LogP contribution in [0.3, 0.4) is 0 Å². The summed E-state index contributed by atoms with van der Waals surface area (Å²) in [5.74, 6) is -0.982. The zero-order valence-corrected chi connectivity index (χ0v) is 12.6. The first-order valence-corrected chi connectivity index (χ1v) is 7.57. The summed E-state index contributed by atoms with van der Waals surface area (Å²) >= 11 is 1.63. The zero-order valence-electron chi connectivity index (χ0n) is 11.8. The molecule has 0 bridgehead atoms. The topological polar surface area (TPSA) is 60.9 Å². The van der Waals surface area contributed by atoms with Gasteiger partial charge in [0.05, 0.1) is 19.0 Å². The lowest BCUT2D eigenvalue weighted by Gasteiger charge is -2.21. The Balaban J connectivity index is 1.84. The number of rotatable bonds is 5. The number of carbonyl (C=O) groups excluding carboxylic acids is 1. The van der Waals surface area contributed by atoms with E-state index in [9.17, 15) is 9.59 Å². The van der Waals surface area contributed by atoms with Crippen LogP contribution in [0.15, 0.2) is 17.5 Å². The second-order valence-corrected chi connectivity index (χ2v) is 6.48. The average molecular weight is 296 g/mol. The van der Waals surface area contributed by atoms with E-state index in [-0.39, 0.29) is 17.7 Å². The van der Waals surface area contributed by atoms with Crippen LogP contribution in [0.5, 0.6) is 0 Å². The first kappa shape index (κ1) is 15.0. The Morgan fingerprint density at radius 2 is 2.25 bits per heavy atom. The van der Waals surface area contributed by atoms with Crippen molar-refractivity contribution < 1.29 is 14.7 Å². The van der Waals surface area contributed by atoms with Gasteiger partial charge < -0.3 is 10.0 Å². The number of carbonyl (C=O) groups is 2. The molecule has 20 heavy (non-hydrogen) atoms. The predicted molar refractivity (Wildman–Crippen MR) is 77.5 cm³/mol. The monoisotopic (exact) mass is 296 g/mol. The summed E-state index contributed by atoms with van der Waals surface area (Å²) in [5, 5.41) is 11.1. The molecule has 1 aromatic rings. The van der Waals surface area contributed by atoms with Crippen LogP contribution < -0.4 is 0 Å². The Morgan fingerprint density at radius 3 is 2.80 bits per heavy atom. The van der Waals surface area contributed by atoms with E-state index in [2.05, 4.69) is 0 Å². The minimum Gasteiger partial charge on any atom is -0.481 e. The number of aliphatic carboxylic acids is 1. The van der Waals surface area contributed by atoms with Gasteiger partial charge in [-0.3, -0.25) is 14.5 Å². The Kier molecular flexibility index (Phi) is 4.77. The molecule has 0 aliphatic carbocycles. The van der Waals surface area contributed by atoms with Gasteiger partial charge in [0, 0.05) is 25.0 Å². The normalized spacial score (nSPS) is 22.9. The molecule has 5 nitrogen and oxygen atoms in total. The van der Waals surface area contributed by atoms with Crippen molar-refractivity contribution in [2.75, 3.05) is 26.7 Å². The lowest BCUT2D eigenvalue weighted by molar-refractivity contribution is -0.142. The van der Waals surface area contributed by atoms with Crippen LogP contribution in [0.25, 0.3) is 0 Å². The van der Waals surface area contributed by atoms with Crippen LogP contribution in [-0.2, 0) is 16.1 Å². The number of hydrogen-bond acceptors (Lipinski definition) is 4. The molecule has 2 atom stereocenters. The first-order chi connectivity index (χ1) is 9.47. The number of carboxylic acid groups (broad SMARTS) is 1. The third-order valence-electron chi connectivity index (χ3n) is 3.76. The summed E-state index contributed by atoms with van der Waals surface area (Å²) in [6.07, 6.45) is 0. The summed E-state index contributed by atoms with van der Waals surface area (Å²) in [5.41, 5.74) is 0. The lowest BCUT2D eigenvalue weighted by atomic mass is 9.99. The molecule has 1 N–H and O–H groups in total. The summed E-state index contributed by atoms with van der Waals surface area (Å²) in [4.78, 5) is 28.0. The molecular formula is C14H20N2O3S. The van der Waals surface area contributed by atoms with Gasteiger partial charge in [-0.25, -0.2) is 0 Å². The SMILES string of the molecule is C[C@@H]1CN(CC(=O)N(C)Cc2cccs2)C[C@H]1C(=O)O. The fourth-order valence-electron chi connectivity index (χ4n) is 2.55. The van der Waals surface area contributed by atoms with Crippen LogP contribution in [-0.4, -0.2) is 53.5 Å². The minimum atomic E-state index is -0.764. The van der Waals surface area contributed by atoms with Crippen LogP contribution >= 0.6 is 11.3 Å². The van der Waals surface area contributed by atoms with E-state index in [1.54, 1.807) is 23.3 Å². The molecule has 1 aliphatic heterocycles. The van der Waals surface area contributed by atoms with E-state index in [1.165, 1.54) is 0 Å². The first-order valence-electron chi connectivity index (χ1n) is 6.69. The molecule has 1 amide bonds. The molecule has 0 saturated carbocycles. The van der Waals surface area contributed by atoms with E-state index in [0.29, 0.717) is 26.2 Å². The third-order valence-corrected chi connectivity index (χ3v) is 4.62. The highest BCUT2D eigenvalue weighted by molar-refractivity contribution is 7.09. The van der Waals surface area contributed by atoms with Crippen LogP contribution in [0, 0.1) is 11.8 Å². The molecule has 2 rings (SSSR count). The van der Waals surface area contributed by atoms with Crippen molar-refractivity contribution in [2.45, 2.75) is 13.5 Å². The quantitative estimate of drug-likeness (QED) is 0.891. The minimum absolute atomic E-state index is 0.0386. The molecule has 110 valence electrons. The van der Waals surface area contributed by atoms with Crippen molar-refractivity contribution in [2.24, 2.45) is 11.8 Å². The van der Waals surface area contributed by atoms with E-state index in [1.807, 2.05) is 29.3 Å². The van der Waals surface area contributed by atoms with Crippen molar-refractivity contribution in [3.63, 3.8) is 0 Å². The van der Waals surface area contributed by atoms with Gasteiger partial charge in [-0.1, -0.05) is 13.0 Å². The van der Waals surface area contributed by atoms with Crippen molar-refractivity contribution in [1.29, 1.82) is 0 Å². The van der Waals surface area contributed by atoms with Crippen molar-refractivity contribution in [3.8, 4) is 0 Å². The van der Waals surface area contributed by atoms with Gasteiger partial charge in [0.15, 0.2) is 0 Å². The van der Waals surface area contributed by atoms with Crippen LogP contribution in [0.4, 0.5) is 0 Å². The number of nitrogens with zero attached hydrogens (tertiary/aromatic N) is 2. The molecular weight excluding hydrogens is 276 g/mol. The molecule has 0 spiro atoms. The number of hydrogen-bond donors (Lipinski definition) is 1. The Morgan fingerprint density at radius 1 is 1.50 bits per heavy atom. The number of amides is 1. The highest BCUT2D eigenvalue weighted by Gasteiger charge is 2.35. The largest absolute Gasteiger partial charge is 0.481 e. The number of likely N-dealkylation sites (N-methyl/N-ethyl adjacent to an activating group) is 1. The number of likely N-dealkylation sites (tertiary alicyclic amines) is 1. The number of thiophene rings is 1. The fraction of sp³-hybridized carbons (Fsp3) is 0.571. The van der Waals surface area contributed by atoms with Gasteiger partial charge in [0.1, 0.15) is 0 Å². The van der Waals surface area contributed by atoms with Crippen molar-refractivity contribution in [3.05, 3.63) is 22.4 Å². The molecule has 0 unspecified atom stereocenters. The van der Waals surface area contributed by atoms with Crippen molar-refractivity contribution in [1.82, 2.24) is 9.80 Å². The van der Waals surface area contributed by atoms with Gasteiger partial charge in [-0.2, -0.15) is 0 Å². The lowest BCUT2D eigenvalue weighted by Crippen LogP contribution is -2.37. The van der Waals surface area contributed by atoms with E-state index in [4.69, 9.17) is 5.11 Å². The van der Waals surface area contributed by atoms with Gasteiger partial charge in [-0.05, 0) is 17.4 Å². The molecule has 1 aliphatic rings. The highest BCUT2D eigenvalue weighted by atomic mass is 32.1. The molecule has 1 aromatic heterocycles. The van der Waals surface area contributed by atoms with Gasteiger partial charge in [0.25, 0.3) is 0 Å². The molecule has 6 heteroatoms. The molecule has 1 fully saturated rings. The standard InChI is InChI=1S/C14H20N2O3S/c1-10-6-16(8-12(10)14(18)19)9-13(17)15(2)7-11-4-3-5-20-11/h3-5,10,12H,6-9H2,1-2H3,(H,18,19)/t10-,12-/m1/s1. The van der Waals surface area contributed by atoms with Crippen LogP contribution in [0.2, 0.25) is 0 Å². The second-order valence-electron chi connectivity index (χ2n) is 5.45. The Bertz CT molecular complexity index is 475. The second kappa shape index (κ2) is 6.37. The maximum absolute atomic E-state index is 12.1. The third kappa shape index (κ3) is 3.58. The van der Waals surface area contributed by atoms with Gasteiger partial charge >= 0.3 is 5.97 Å². The fourth-order valence-corrected chi connectivity index (χ4v) is 3.31. The summed E-state index contributed by atoms with van der Waals surface area (Å²) < 4.78 is 0. The highest BCUT2D eigenvalue weighted by Crippen LogP contribution is 2.23. The van der Waals surface area contributed by atoms with E-state index < -0.39 is 5.97 Å². The Hall–Kier alpha value is -1.40. The maximum atomic E-state index is 12.1. The summed E-state index contributed by atoms with van der Waals surface area (Å²) in [6, 6.07) is 3.98. The molecule has 0 radical (unpaired) electrons.